The molecule has 2 N–H and O–H groups in total. The molecule has 0 saturated carbocycles. The number of hydrogen-bond donors (Lipinski definition) is 2. The van der Waals surface area contributed by atoms with E-state index >= 15 is 0 Å². The lowest BCUT2D eigenvalue weighted by atomic mass is 10.0. The lowest BCUT2D eigenvalue weighted by Crippen LogP contribution is -2.27. The summed E-state index contributed by atoms with van der Waals surface area (Å²) in [5.41, 5.74) is -0.492. The van der Waals surface area contributed by atoms with E-state index in [1.807, 2.05) is 0 Å². The third kappa shape index (κ3) is 5.74. The van der Waals surface area contributed by atoms with Crippen molar-refractivity contribution in [3.8, 4) is 0 Å². The molecular weight excluding hydrogens is 433 g/mol. The number of alkyl halides is 3. The maximum Gasteiger partial charge on any atom is 0.416 e. The number of halogens is 3. The van der Waals surface area contributed by atoms with E-state index in [2.05, 4.69) is 10.0 Å². The Morgan fingerprint density at radius 2 is 1.81 bits per heavy atom. The molecule has 2 aromatic carbocycles. The fraction of sp³-hybridized carbons (Fsp3) is 0.190. The number of rotatable bonds is 7. The maximum absolute atomic E-state index is 12.9. The average Bonchev–Trinajstić information content (AvgIpc) is 3.26. The van der Waals surface area contributed by atoms with Gasteiger partial charge in [0.05, 0.1) is 29.3 Å². The minimum absolute atomic E-state index is 0.0553. The SMILES string of the molecule is CC(NC(=O)c1cccc(S(=O)(=O)NCc2ccco2)c1)c1cccc(C(F)(F)F)c1. The van der Waals surface area contributed by atoms with Gasteiger partial charge in [0, 0.05) is 5.56 Å². The molecule has 164 valence electrons. The average molecular weight is 452 g/mol. The number of benzene rings is 2. The lowest BCUT2D eigenvalue weighted by Gasteiger charge is -2.16. The van der Waals surface area contributed by atoms with E-state index in [1.54, 1.807) is 19.1 Å². The molecule has 0 bridgehead atoms. The van der Waals surface area contributed by atoms with E-state index in [1.165, 1.54) is 42.7 Å². The molecule has 0 aliphatic heterocycles. The first-order valence-electron chi connectivity index (χ1n) is 9.16. The monoisotopic (exact) mass is 452 g/mol. The van der Waals surface area contributed by atoms with Crippen LogP contribution in [-0.4, -0.2) is 14.3 Å². The molecule has 1 amide bonds. The van der Waals surface area contributed by atoms with Crippen LogP contribution in [0.15, 0.2) is 76.2 Å². The number of amides is 1. The Balaban J connectivity index is 1.72. The zero-order chi connectivity index (χ0) is 22.6. The summed E-state index contributed by atoms with van der Waals surface area (Å²) < 4.78 is 71.2. The second-order valence-electron chi connectivity index (χ2n) is 6.75. The van der Waals surface area contributed by atoms with Crippen molar-refractivity contribution >= 4 is 15.9 Å². The van der Waals surface area contributed by atoms with E-state index in [9.17, 15) is 26.4 Å². The number of nitrogens with one attached hydrogen (secondary N) is 2. The van der Waals surface area contributed by atoms with Crippen molar-refractivity contribution in [1.29, 1.82) is 0 Å². The Bertz CT molecular complexity index is 1160. The second kappa shape index (κ2) is 8.94. The van der Waals surface area contributed by atoms with Crippen LogP contribution in [0, 0.1) is 0 Å². The van der Waals surface area contributed by atoms with Crippen molar-refractivity contribution in [2.24, 2.45) is 0 Å². The summed E-state index contributed by atoms with van der Waals surface area (Å²) in [5, 5.41) is 2.59. The van der Waals surface area contributed by atoms with E-state index in [0.29, 0.717) is 5.76 Å². The Morgan fingerprint density at radius 3 is 2.48 bits per heavy atom. The van der Waals surface area contributed by atoms with Gasteiger partial charge in [-0.3, -0.25) is 4.79 Å². The Morgan fingerprint density at radius 1 is 1.06 bits per heavy atom. The highest BCUT2D eigenvalue weighted by molar-refractivity contribution is 7.89. The Hall–Kier alpha value is -3.11. The molecular formula is C21H19F3N2O4S. The van der Waals surface area contributed by atoms with Gasteiger partial charge in [0.2, 0.25) is 10.0 Å². The van der Waals surface area contributed by atoms with Crippen LogP contribution < -0.4 is 10.0 Å². The van der Waals surface area contributed by atoms with Gasteiger partial charge in [-0.05, 0) is 55.0 Å². The molecule has 31 heavy (non-hydrogen) atoms. The molecule has 1 unspecified atom stereocenters. The number of carbonyl (C=O) groups excluding carboxylic acids is 1. The predicted molar refractivity (Wildman–Crippen MR) is 107 cm³/mol. The first kappa shape index (κ1) is 22.6. The Labute approximate surface area is 177 Å². The quantitative estimate of drug-likeness (QED) is 0.561. The van der Waals surface area contributed by atoms with Crippen LogP contribution in [0.25, 0.3) is 0 Å². The van der Waals surface area contributed by atoms with E-state index < -0.39 is 33.7 Å². The highest BCUT2D eigenvalue weighted by atomic mass is 32.2. The first-order chi connectivity index (χ1) is 14.6. The molecule has 1 heterocycles. The number of furan rings is 1. The topological polar surface area (TPSA) is 88.4 Å². The van der Waals surface area contributed by atoms with Gasteiger partial charge in [-0.25, -0.2) is 13.1 Å². The zero-order valence-electron chi connectivity index (χ0n) is 16.3. The van der Waals surface area contributed by atoms with Crippen molar-refractivity contribution in [3.63, 3.8) is 0 Å². The van der Waals surface area contributed by atoms with Gasteiger partial charge in [-0.2, -0.15) is 13.2 Å². The molecule has 1 aromatic heterocycles. The van der Waals surface area contributed by atoms with Gasteiger partial charge >= 0.3 is 6.18 Å². The molecule has 0 aliphatic rings. The van der Waals surface area contributed by atoms with E-state index in [4.69, 9.17) is 4.42 Å². The highest BCUT2D eigenvalue weighted by Crippen LogP contribution is 2.30. The second-order valence-corrected chi connectivity index (χ2v) is 8.52. The van der Waals surface area contributed by atoms with Crippen LogP contribution in [0.5, 0.6) is 0 Å². The van der Waals surface area contributed by atoms with Crippen LogP contribution in [-0.2, 0) is 22.7 Å². The molecule has 0 radical (unpaired) electrons. The molecule has 6 nitrogen and oxygen atoms in total. The third-order valence-electron chi connectivity index (χ3n) is 4.48. The summed E-state index contributed by atoms with van der Waals surface area (Å²) in [6, 6.07) is 12.5. The molecule has 0 spiro atoms. The van der Waals surface area contributed by atoms with Crippen molar-refractivity contribution in [2.45, 2.75) is 30.6 Å². The molecule has 0 saturated heterocycles. The summed E-state index contributed by atoms with van der Waals surface area (Å²) >= 11 is 0. The van der Waals surface area contributed by atoms with Gasteiger partial charge < -0.3 is 9.73 Å². The molecule has 0 aliphatic carbocycles. The number of sulfonamides is 1. The summed E-state index contributed by atoms with van der Waals surface area (Å²) in [6.07, 6.45) is -3.08. The fourth-order valence-electron chi connectivity index (χ4n) is 2.81. The highest BCUT2D eigenvalue weighted by Gasteiger charge is 2.30. The summed E-state index contributed by atoms with van der Waals surface area (Å²) in [4.78, 5) is 12.4. The van der Waals surface area contributed by atoms with Crippen LogP contribution >= 0.6 is 0 Å². The first-order valence-corrected chi connectivity index (χ1v) is 10.6. The van der Waals surface area contributed by atoms with Gasteiger partial charge in [-0.15, -0.1) is 0 Å². The lowest BCUT2D eigenvalue weighted by molar-refractivity contribution is -0.137. The summed E-state index contributed by atoms with van der Waals surface area (Å²) in [6.45, 7) is 1.48. The minimum atomic E-state index is -4.49. The molecule has 3 rings (SSSR count). The van der Waals surface area contributed by atoms with Crippen molar-refractivity contribution < 1.29 is 30.8 Å². The van der Waals surface area contributed by atoms with Gasteiger partial charge in [0.1, 0.15) is 5.76 Å². The molecule has 10 heteroatoms. The smallest absolute Gasteiger partial charge is 0.416 e. The fourth-order valence-corrected chi connectivity index (χ4v) is 3.85. The predicted octanol–water partition coefficient (Wildman–Crippen LogP) is 4.27. The molecule has 0 fully saturated rings. The van der Waals surface area contributed by atoms with Gasteiger partial charge in [0.15, 0.2) is 0 Å². The van der Waals surface area contributed by atoms with Crippen LogP contribution in [0.2, 0.25) is 0 Å². The van der Waals surface area contributed by atoms with Crippen LogP contribution in [0.1, 0.15) is 40.2 Å². The van der Waals surface area contributed by atoms with E-state index in [0.717, 1.165) is 12.1 Å². The van der Waals surface area contributed by atoms with Crippen molar-refractivity contribution in [3.05, 3.63) is 89.4 Å². The van der Waals surface area contributed by atoms with Gasteiger partial charge in [0.25, 0.3) is 5.91 Å². The normalized spacial score (nSPS) is 13.0. The van der Waals surface area contributed by atoms with Crippen molar-refractivity contribution in [1.82, 2.24) is 10.0 Å². The number of carbonyl (C=O) groups is 1. The van der Waals surface area contributed by atoms with Crippen LogP contribution in [0.4, 0.5) is 13.2 Å². The summed E-state index contributed by atoms with van der Waals surface area (Å²) in [5.74, 6) is -0.194. The largest absolute Gasteiger partial charge is 0.468 e. The van der Waals surface area contributed by atoms with Crippen LogP contribution in [0.3, 0.4) is 0 Å². The maximum atomic E-state index is 12.9. The van der Waals surface area contributed by atoms with E-state index in [-0.39, 0.29) is 22.6 Å². The summed E-state index contributed by atoms with van der Waals surface area (Å²) in [7, 11) is -3.91. The molecule has 1 atom stereocenters. The number of hydrogen-bond acceptors (Lipinski definition) is 4. The Kier molecular flexibility index (Phi) is 6.51. The zero-order valence-corrected chi connectivity index (χ0v) is 17.1. The third-order valence-corrected chi connectivity index (χ3v) is 5.88. The molecule has 3 aromatic rings. The van der Waals surface area contributed by atoms with Crippen molar-refractivity contribution in [2.75, 3.05) is 0 Å². The standard InChI is InChI=1S/C21H19F3N2O4S/c1-14(15-5-2-7-17(11-15)21(22,23)24)26-20(27)16-6-3-9-19(12-16)31(28,29)25-13-18-8-4-10-30-18/h2-12,14,25H,13H2,1H3,(H,26,27). The van der Waals surface area contributed by atoms with Gasteiger partial charge in [-0.1, -0.05) is 18.2 Å². The minimum Gasteiger partial charge on any atom is -0.468 e.